The topological polar surface area (TPSA) is 58.6 Å². The van der Waals surface area contributed by atoms with Crippen molar-refractivity contribution < 1.29 is 5.21 Å². The van der Waals surface area contributed by atoms with E-state index in [9.17, 15) is 0 Å². The van der Waals surface area contributed by atoms with Gasteiger partial charge in [-0.25, -0.2) is 0 Å². The van der Waals surface area contributed by atoms with Crippen molar-refractivity contribution >= 4 is 40.8 Å². The van der Waals surface area contributed by atoms with Gasteiger partial charge in [-0.3, -0.25) is 0 Å². The maximum absolute atomic E-state index is 8.35. The van der Waals surface area contributed by atoms with Crippen LogP contribution in [0.2, 0.25) is 10.0 Å². The SMILES string of the molecule is N/C(CCCSc1cc(Cl)ccc1Cl)=N\O. The van der Waals surface area contributed by atoms with Crippen LogP contribution in [0.3, 0.4) is 0 Å². The van der Waals surface area contributed by atoms with E-state index in [1.165, 1.54) is 0 Å². The summed E-state index contributed by atoms with van der Waals surface area (Å²) in [5.41, 5.74) is 5.35. The minimum Gasteiger partial charge on any atom is -0.409 e. The average Bonchev–Trinajstić information content (AvgIpc) is 2.28. The Labute approximate surface area is 109 Å². The van der Waals surface area contributed by atoms with Gasteiger partial charge in [-0.15, -0.1) is 11.8 Å². The number of hydrogen-bond donors (Lipinski definition) is 2. The van der Waals surface area contributed by atoms with E-state index in [1.807, 2.05) is 6.07 Å². The number of oxime groups is 1. The Bertz CT molecular complexity index is 385. The van der Waals surface area contributed by atoms with Gasteiger partial charge >= 0.3 is 0 Å². The second-order valence-corrected chi connectivity index (χ2v) is 5.10. The van der Waals surface area contributed by atoms with Crippen LogP contribution in [0.15, 0.2) is 28.3 Å². The lowest BCUT2D eigenvalue weighted by atomic mass is 10.3. The maximum Gasteiger partial charge on any atom is 0.139 e. The maximum atomic E-state index is 8.35. The van der Waals surface area contributed by atoms with Gasteiger partial charge in [0, 0.05) is 16.3 Å². The summed E-state index contributed by atoms with van der Waals surface area (Å²) < 4.78 is 0. The Morgan fingerprint density at radius 3 is 2.88 bits per heavy atom. The first-order chi connectivity index (χ1) is 7.63. The summed E-state index contributed by atoms with van der Waals surface area (Å²) in [5.74, 6) is 1.09. The smallest absolute Gasteiger partial charge is 0.139 e. The minimum absolute atomic E-state index is 0.248. The van der Waals surface area contributed by atoms with Crippen LogP contribution >= 0.6 is 35.0 Å². The van der Waals surface area contributed by atoms with Gasteiger partial charge in [0.2, 0.25) is 0 Å². The van der Waals surface area contributed by atoms with Crippen molar-refractivity contribution in [1.29, 1.82) is 0 Å². The first kappa shape index (κ1) is 13.5. The number of rotatable bonds is 5. The summed E-state index contributed by atoms with van der Waals surface area (Å²) in [5, 5.41) is 12.6. The molecule has 0 aliphatic carbocycles. The van der Waals surface area contributed by atoms with Gasteiger partial charge in [0.15, 0.2) is 0 Å². The summed E-state index contributed by atoms with van der Waals surface area (Å²) >= 11 is 13.5. The van der Waals surface area contributed by atoms with Crippen molar-refractivity contribution in [3.05, 3.63) is 28.2 Å². The molecule has 0 unspecified atom stereocenters. The first-order valence-corrected chi connectivity index (χ1v) is 6.42. The minimum atomic E-state index is 0.248. The number of nitrogens with two attached hydrogens (primary N) is 1. The zero-order valence-electron chi connectivity index (χ0n) is 8.49. The molecule has 0 fully saturated rings. The molecule has 0 aromatic heterocycles. The second kappa shape index (κ2) is 6.89. The number of thioether (sulfide) groups is 1. The third-order valence-corrected chi connectivity index (χ3v) is 3.67. The lowest BCUT2D eigenvalue weighted by Crippen LogP contribution is -2.11. The van der Waals surface area contributed by atoms with Crippen LogP contribution in [-0.2, 0) is 0 Å². The zero-order valence-corrected chi connectivity index (χ0v) is 10.8. The molecule has 3 N–H and O–H groups in total. The van der Waals surface area contributed by atoms with E-state index in [1.54, 1.807) is 23.9 Å². The van der Waals surface area contributed by atoms with Crippen molar-refractivity contribution in [3.63, 3.8) is 0 Å². The monoisotopic (exact) mass is 278 g/mol. The number of hydrogen-bond acceptors (Lipinski definition) is 3. The van der Waals surface area contributed by atoms with Crippen LogP contribution in [0, 0.1) is 0 Å². The van der Waals surface area contributed by atoms with Crippen molar-refractivity contribution in [3.8, 4) is 0 Å². The van der Waals surface area contributed by atoms with Crippen molar-refractivity contribution in [1.82, 2.24) is 0 Å². The summed E-state index contributed by atoms with van der Waals surface area (Å²) in [6.45, 7) is 0. The summed E-state index contributed by atoms with van der Waals surface area (Å²) in [7, 11) is 0. The number of nitrogens with zero attached hydrogens (tertiary/aromatic N) is 1. The first-order valence-electron chi connectivity index (χ1n) is 4.67. The zero-order chi connectivity index (χ0) is 12.0. The van der Waals surface area contributed by atoms with Crippen LogP contribution < -0.4 is 5.73 Å². The highest BCUT2D eigenvalue weighted by Gasteiger charge is 2.02. The van der Waals surface area contributed by atoms with Gasteiger partial charge in [-0.05, 0) is 30.4 Å². The number of amidine groups is 1. The Morgan fingerprint density at radius 2 is 2.19 bits per heavy atom. The van der Waals surface area contributed by atoms with Crippen molar-refractivity contribution in [2.24, 2.45) is 10.9 Å². The van der Waals surface area contributed by atoms with Crippen molar-refractivity contribution in [2.75, 3.05) is 5.75 Å². The predicted octanol–water partition coefficient (Wildman–Crippen LogP) is 3.61. The van der Waals surface area contributed by atoms with Crippen molar-refractivity contribution in [2.45, 2.75) is 17.7 Å². The second-order valence-electron chi connectivity index (χ2n) is 3.12. The highest BCUT2D eigenvalue weighted by Crippen LogP contribution is 2.30. The molecule has 88 valence electrons. The molecule has 0 spiro atoms. The van der Waals surface area contributed by atoms with E-state index in [2.05, 4.69) is 5.16 Å². The molecule has 1 aromatic carbocycles. The van der Waals surface area contributed by atoms with Gasteiger partial charge in [-0.1, -0.05) is 28.4 Å². The van der Waals surface area contributed by atoms with E-state index in [0.717, 1.165) is 17.1 Å². The number of halogens is 2. The van der Waals surface area contributed by atoms with E-state index in [0.29, 0.717) is 16.5 Å². The molecule has 0 aliphatic heterocycles. The molecule has 3 nitrogen and oxygen atoms in total. The Balaban J connectivity index is 2.40. The van der Waals surface area contributed by atoms with Crippen LogP contribution in [0.5, 0.6) is 0 Å². The molecule has 0 atom stereocenters. The summed E-state index contributed by atoms with van der Waals surface area (Å²) in [4.78, 5) is 0.952. The third-order valence-electron chi connectivity index (χ3n) is 1.86. The molecule has 1 aromatic rings. The molecule has 0 amide bonds. The lowest BCUT2D eigenvalue weighted by Gasteiger charge is -2.04. The fraction of sp³-hybridized carbons (Fsp3) is 0.300. The largest absolute Gasteiger partial charge is 0.409 e. The fourth-order valence-corrected chi connectivity index (χ4v) is 2.52. The van der Waals surface area contributed by atoms with Crippen LogP contribution in [0.4, 0.5) is 0 Å². The quantitative estimate of drug-likeness (QED) is 0.216. The molecule has 0 saturated heterocycles. The van der Waals surface area contributed by atoms with Gasteiger partial charge < -0.3 is 10.9 Å². The van der Waals surface area contributed by atoms with Gasteiger partial charge in [-0.2, -0.15) is 0 Å². The third kappa shape index (κ3) is 4.51. The highest BCUT2D eigenvalue weighted by molar-refractivity contribution is 7.99. The van der Waals surface area contributed by atoms with E-state index in [4.69, 9.17) is 34.1 Å². The molecule has 16 heavy (non-hydrogen) atoms. The molecule has 1 rings (SSSR count). The van der Waals surface area contributed by atoms with Crippen LogP contribution in [-0.4, -0.2) is 16.8 Å². The normalized spacial score (nSPS) is 11.8. The van der Waals surface area contributed by atoms with Gasteiger partial charge in [0.25, 0.3) is 0 Å². The molecule has 6 heteroatoms. The van der Waals surface area contributed by atoms with Gasteiger partial charge in [0.1, 0.15) is 5.84 Å². The molecule has 0 aliphatic rings. The van der Waals surface area contributed by atoms with Crippen LogP contribution in [0.25, 0.3) is 0 Å². The Morgan fingerprint density at radius 1 is 1.44 bits per heavy atom. The standard InChI is InChI=1S/C10H12Cl2N2OS/c11-7-3-4-8(12)9(6-7)16-5-1-2-10(13)14-15/h3-4,6,15H,1-2,5H2,(H2,13,14). The average molecular weight is 279 g/mol. The predicted molar refractivity (Wildman–Crippen MR) is 69.8 cm³/mol. The van der Waals surface area contributed by atoms with Gasteiger partial charge in [0.05, 0.1) is 5.02 Å². The number of benzene rings is 1. The lowest BCUT2D eigenvalue weighted by molar-refractivity contribution is 0.317. The van der Waals surface area contributed by atoms with E-state index < -0.39 is 0 Å². The molecule has 0 bridgehead atoms. The Kier molecular flexibility index (Phi) is 5.80. The van der Waals surface area contributed by atoms with E-state index >= 15 is 0 Å². The van der Waals surface area contributed by atoms with E-state index in [-0.39, 0.29) is 5.84 Å². The summed E-state index contributed by atoms with van der Waals surface area (Å²) in [6.07, 6.45) is 1.39. The fourth-order valence-electron chi connectivity index (χ4n) is 1.07. The highest BCUT2D eigenvalue weighted by atomic mass is 35.5. The molecular formula is C10H12Cl2N2OS. The molecular weight excluding hydrogens is 267 g/mol. The molecule has 0 saturated carbocycles. The Hall–Kier alpha value is -0.580. The van der Waals surface area contributed by atoms with Crippen LogP contribution in [0.1, 0.15) is 12.8 Å². The molecule has 0 heterocycles. The molecule has 0 radical (unpaired) electrons. The summed E-state index contributed by atoms with van der Waals surface area (Å²) in [6, 6.07) is 5.36.